The first-order valence-electron chi connectivity index (χ1n) is 4.39. The van der Waals surface area contributed by atoms with Crippen LogP contribution in [0, 0.1) is 0 Å². The molecular weight excluding hydrogens is 268 g/mol. The Labute approximate surface area is 108 Å². The van der Waals surface area contributed by atoms with Gasteiger partial charge in [0.25, 0.3) is 0 Å². The van der Waals surface area contributed by atoms with Gasteiger partial charge in [-0.25, -0.2) is 4.98 Å². The number of hydrogen-bond acceptors (Lipinski definition) is 2. The van der Waals surface area contributed by atoms with E-state index in [2.05, 4.69) is 4.98 Å². The predicted molar refractivity (Wildman–Crippen MR) is 65.8 cm³/mol. The normalized spacial score (nSPS) is 10.2. The Bertz CT molecular complexity index is 499. The molecule has 0 saturated carbocycles. The van der Waals surface area contributed by atoms with E-state index in [1.54, 1.807) is 30.3 Å². The lowest BCUT2D eigenvalue weighted by Gasteiger charge is -2.06. The van der Waals surface area contributed by atoms with Crippen LogP contribution in [0.15, 0.2) is 36.5 Å². The molecule has 2 aromatic rings. The molecule has 0 bridgehead atoms. The minimum absolute atomic E-state index is 0.425. The third kappa shape index (κ3) is 2.79. The maximum absolute atomic E-state index is 5.95. The van der Waals surface area contributed by atoms with Crippen molar-refractivity contribution in [2.45, 2.75) is 0 Å². The number of nitrogens with zero attached hydrogens (tertiary/aromatic N) is 1. The monoisotopic (exact) mass is 273 g/mol. The van der Waals surface area contributed by atoms with E-state index in [9.17, 15) is 0 Å². The van der Waals surface area contributed by atoms with E-state index in [4.69, 9.17) is 39.5 Å². The van der Waals surface area contributed by atoms with Gasteiger partial charge >= 0.3 is 0 Å². The van der Waals surface area contributed by atoms with Crippen molar-refractivity contribution in [1.29, 1.82) is 0 Å². The molecule has 0 N–H and O–H groups in total. The molecule has 16 heavy (non-hydrogen) atoms. The highest BCUT2D eigenvalue weighted by molar-refractivity contribution is 6.35. The Morgan fingerprint density at radius 1 is 0.938 bits per heavy atom. The molecule has 82 valence electrons. The van der Waals surface area contributed by atoms with E-state index < -0.39 is 0 Å². The van der Waals surface area contributed by atoms with Crippen molar-refractivity contribution in [3.05, 3.63) is 51.6 Å². The third-order valence-corrected chi connectivity index (χ3v) is 2.56. The second kappa shape index (κ2) is 4.91. The van der Waals surface area contributed by atoms with Gasteiger partial charge in [0.2, 0.25) is 5.88 Å². The molecule has 0 radical (unpaired) electrons. The van der Waals surface area contributed by atoms with Crippen LogP contribution in [0.25, 0.3) is 0 Å². The summed E-state index contributed by atoms with van der Waals surface area (Å²) in [4.78, 5) is 3.99. The highest BCUT2D eigenvalue weighted by Crippen LogP contribution is 2.30. The average Bonchev–Trinajstić information content (AvgIpc) is 2.25. The molecule has 0 aliphatic carbocycles. The molecule has 0 saturated heterocycles. The molecule has 0 amide bonds. The minimum Gasteiger partial charge on any atom is -0.437 e. The lowest BCUT2D eigenvalue weighted by Crippen LogP contribution is -1.87. The summed E-state index contributed by atoms with van der Waals surface area (Å²) in [6, 6.07) is 8.33. The number of rotatable bonds is 2. The highest BCUT2D eigenvalue weighted by Gasteiger charge is 2.04. The molecule has 1 heterocycles. The van der Waals surface area contributed by atoms with E-state index in [0.717, 1.165) is 0 Å². The second-order valence-electron chi connectivity index (χ2n) is 2.99. The van der Waals surface area contributed by atoms with E-state index >= 15 is 0 Å². The van der Waals surface area contributed by atoms with E-state index in [-0.39, 0.29) is 0 Å². The van der Waals surface area contributed by atoms with E-state index in [1.165, 1.54) is 6.20 Å². The molecule has 0 aliphatic heterocycles. The zero-order valence-electron chi connectivity index (χ0n) is 7.95. The van der Waals surface area contributed by atoms with Crippen LogP contribution in [0.2, 0.25) is 15.1 Å². The molecule has 0 atom stereocenters. The third-order valence-electron chi connectivity index (χ3n) is 1.81. The quantitative estimate of drug-likeness (QED) is 0.782. The summed E-state index contributed by atoms with van der Waals surface area (Å²) in [6.45, 7) is 0. The largest absolute Gasteiger partial charge is 0.437 e. The number of pyridine rings is 1. The molecule has 5 heteroatoms. The second-order valence-corrected chi connectivity index (χ2v) is 4.27. The van der Waals surface area contributed by atoms with E-state index in [1.807, 2.05) is 0 Å². The van der Waals surface area contributed by atoms with Crippen LogP contribution < -0.4 is 4.74 Å². The zero-order chi connectivity index (χ0) is 11.5. The number of hydrogen-bond donors (Lipinski definition) is 0. The first kappa shape index (κ1) is 11.5. The van der Waals surface area contributed by atoms with Gasteiger partial charge in [0.15, 0.2) is 0 Å². The molecule has 2 nitrogen and oxygen atoms in total. The summed E-state index contributed by atoms with van der Waals surface area (Å²) in [5, 5.41) is 1.54. The van der Waals surface area contributed by atoms with Crippen molar-refractivity contribution in [3.8, 4) is 11.6 Å². The summed E-state index contributed by atoms with van der Waals surface area (Å²) in [7, 11) is 0. The maximum atomic E-state index is 5.95. The molecule has 0 spiro atoms. The van der Waals surface area contributed by atoms with Crippen LogP contribution >= 0.6 is 34.8 Å². The van der Waals surface area contributed by atoms with Crippen molar-refractivity contribution in [2.24, 2.45) is 0 Å². The molecule has 1 aromatic carbocycles. The van der Waals surface area contributed by atoms with Crippen molar-refractivity contribution < 1.29 is 4.74 Å². The number of halogens is 3. The van der Waals surface area contributed by atoms with Crippen molar-refractivity contribution >= 4 is 34.8 Å². The van der Waals surface area contributed by atoms with Crippen LogP contribution in [0.5, 0.6) is 11.6 Å². The number of benzene rings is 1. The van der Waals surface area contributed by atoms with Crippen LogP contribution in [-0.4, -0.2) is 4.98 Å². The van der Waals surface area contributed by atoms with Gasteiger partial charge in [-0.3, -0.25) is 0 Å². The Balaban J connectivity index is 2.23. The van der Waals surface area contributed by atoms with Gasteiger partial charge in [-0.2, -0.15) is 0 Å². The van der Waals surface area contributed by atoms with Gasteiger partial charge in [-0.15, -0.1) is 0 Å². The molecular formula is C11H6Cl3NO. The lowest BCUT2D eigenvalue weighted by atomic mass is 10.3. The fourth-order valence-electron chi connectivity index (χ4n) is 1.09. The average molecular weight is 275 g/mol. The first-order chi connectivity index (χ1) is 7.65. The fraction of sp³-hybridized carbons (Fsp3) is 0. The van der Waals surface area contributed by atoms with Gasteiger partial charge in [-0.1, -0.05) is 34.8 Å². The van der Waals surface area contributed by atoms with Crippen molar-refractivity contribution in [2.75, 3.05) is 0 Å². The van der Waals surface area contributed by atoms with Gasteiger partial charge < -0.3 is 4.74 Å². The topological polar surface area (TPSA) is 22.1 Å². The van der Waals surface area contributed by atoms with Gasteiger partial charge in [0, 0.05) is 17.3 Å². The molecule has 0 unspecified atom stereocenters. The standard InChI is InChI=1S/C11H6Cl3NO/c12-7-1-3-10(9(14)5-7)16-11-4-2-8(13)6-15-11/h1-6H. The summed E-state index contributed by atoms with van der Waals surface area (Å²) in [6.07, 6.45) is 1.50. The fourth-order valence-corrected chi connectivity index (χ4v) is 1.65. The summed E-state index contributed by atoms with van der Waals surface area (Å²) >= 11 is 17.4. The summed E-state index contributed by atoms with van der Waals surface area (Å²) < 4.78 is 5.46. The van der Waals surface area contributed by atoms with Crippen molar-refractivity contribution in [1.82, 2.24) is 4.98 Å². The summed E-state index contributed by atoms with van der Waals surface area (Å²) in [5.41, 5.74) is 0. The van der Waals surface area contributed by atoms with Crippen LogP contribution in [-0.2, 0) is 0 Å². The first-order valence-corrected chi connectivity index (χ1v) is 5.53. The summed E-state index contributed by atoms with van der Waals surface area (Å²) in [5.74, 6) is 0.925. The van der Waals surface area contributed by atoms with Gasteiger partial charge in [0.05, 0.1) is 10.0 Å². The van der Waals surface area contributed by atoms with Crippen LogP contribution in [0.1, 0.15) is 0 Å². The highest BCUT2D eigenvalue weighted by atomic mass is 35.5. The Morgan fingerprint density at radius 2 is 1.69 bits per heavy atom. The van der Waals surface area contributed by atoms with E-state index in [0.29, 0.717) is 26.7 Å². The molecule has 0 aliphatic rings. The zero-order valence-corrected chi connectivity index (χ0v) is 10.2. The molecule has 1 aromatic heterocycles. The Kier molecular flexibility index (Phi) is 3.54. The number of ether oxygens (including phenoxy) is 1. The molecule has 2 rings (SSSR count). The van der Waals surface area contributed by atoms with Crippen molar-refractivity contribution in [3.63, 3.8) is 0 Å². The van der Waals surface area contributed by atoms with Gasteiger partial charge in [0.1, 0.15) is 5.75 Å². The smallest absolute Gasteiger partial charge is 0.219 e. The SMILES string of the molecule is Clc1ccc(Oc2ccc(Cl)cc2Cl)nc1. The van der Waals surface area contributed by atoms with Crippen LogP contribution in [0.3, 0.4) is 0 Å². The maximum Gasteiger partial charge on any atom is 0.219 e. The minimum atomic E-state index is 0.425. The lowest BCUT2D eigenvalue weighted by molar-refractivity contribution is 0.463. The Hall–Kier alpha value is -0.960. The van der Waals surface area contributed by atoms with Crippen LogP contribution in [0.4, 0.5) is 0 Å². The predicted octanol–water partition coefficient (Wildman–Crippen LogP) is 4.83. The molecule has 0 fully saturated rings. The Morgan fingerprint density at radius 3 is 2.31 bits per heavy atom. The van der Waals surface area contributed by atoms with Gasteiger partial charge in [-0.05, 0) is 24.3 Å². The number of aromatic nitrogens is 1.